The van der Waals surface area contributed by atoms with Crippen molar-refractivity contribution in [1.82, 2.24) is 14.6 Å². The maximum absolute atomic E-state index is 12.3. The van der Waals surface area contributed by atoms with Crippen LogP contribution < -0.4 is 5.32 Å². The number of nitrogens with zero attached hydrogens (tertiary/aromatic N) is 3. The number of pyridine rings is 1. The van der Waals surface area contributed by atoms with Gasteiger partial charge in [-0.25, -0.2) is 0 Å². The van der Waals surface area contributed by atoms with Crippen LogP contribution in [0.25, 0.3) is 16.6 Å². The Bertz CT molecular complexity index is 1190. The predicted molar refractivity (Wildman–Crippen MR) is 115 cm³/mol. The second-order valence-corrected chi connectivity index (χ2v) is 8.13. The first kappa shape index (κ1) is 18.8. The summed E-state index contributed by atoms with van der Waals surface area (Å²) < 4.78 is 2.05. The number of carbonyl (C=O) groups is 1. The summed E-state index contributed by atoms with van der Waals surface area (Å²) in [5.41, 5.74) is 4.79. The molecule has 2 aromatic carbocycles. The number of hydrogen-bond acceptors (Lipinski definition) is 4. The molecule has 5 nitrogen and oxygen atoms in total. The summed E-state index contributed by atoms with van der Waals surface area (Å²) in [6.07, 6.45) is 0.370. The van der Waals surface area contributed by atoms with E-state index in [2.05, 4.69) is 34.6 Å². The van der Waals surface area contributed by atoms with Crippen molar-refractivity contribution >= 4 is 51.5 Å². The van der Waals surface area contributed by atoms with E-state index in [4.69, 9.17) is 11.6 Å². The molecule has 0 fully saturated rings. The van der Waals surface area contributed by atoms with E-state index in [1.54, 1.807) is 6.07 Å². The molecule has 142 valence electrons. The maximum atomic E-state index is 12.3. The lowest BCUT2D eigenvalue weighted by atomic mass is 10.1. The van der Waals surface area contributed by atoms with Crippen molar-refractivity contribution in [2.24, 2.45) is 0 Å². The van der Waals surface area contributed by atoms with E-state index < -0.39 is 0 Å². The van der Waals surface area contributed by atoms with Gasteiger partial charge in [0.15, 0.2) is 10.8 Å². The highest BCUT2D eigenvalue weighted by Gasteiger charge is 2.12. The number of para-hydroxylation sites is 1. The van der Waals surface area contributed by atoms with Crippen molar-refractivity contribution in [2.75, 3.05) is 11.1 Å². The minimum absolute atomic E-state index is 0.0487. The average molecular weight is 411 g/mol. The molecule has 0 saturated heterocycles. The second kappa shape index (κ2) is 7.81. The normalized spacial score (nSPS) is 11.2. The van der Waals surface area contributed by atoms with Crippen LogP contribution in [-0.2, 0) is 4.79 Å². The number of anilines is 1. The van der Waals surface area contributed by atoms with Crippen molar-refractivity contribution < 1.29 is 4.79 Å². The minimum Gasteiger partial charge on any atom is -0.326 e. The van der Waals surface area contributed by atoms with E-state index in [0.717, 1.165) is 27.6 Å². The van der Waals surface area contributed by atoms with Crippen LogP contribution in [0.1, 0.15) is 17.5 Å². The Balaban J connectivity index is 1.48. The van der Waals surface area contributed by atoms with Gasteiger partial charge < -0.3 is 5.32 Å². The van der Waals surface area contributed by atoms with Gasteiger partial charge in [-0.3, -0.25) is 9.20 Å². The molecule has 4 rings (SSSR count). The molecule has 28 heavy (non-hydrogen) atoms. The van der Waals surface area contributed by atoms with Crippen molar-refractivity contribution in [2.45, 2.75) is 25.4 Å². The Kier molecular flexibility index (Phi) is 5.24. The summed E-state index contributed by atoms with van der Waals surface area (Å²) in [7, 11) is 0. The third kappa shape index (κ3) is 3.70. The van der Waals surface area contributed by atoms with E-state index in [9.17, 15) is 4.79 Å². The van der Waals surface area contributed by atoms with Gasteiger partial charge in [-0.2, -0.15) is 0 Å². The minimum atomic E-state index is -0.0487. The highest BCUT2D eigenvalue weighted by atomic mass is 35.5. The van der Waals surface area contributed by atoms with Crippen LogP contribution in [0.15, 0.2) is 53.7 Å². The van der Waals surface area contributed by atoms with E-state index >= 15 is 0 Å². The van der Waals surface area contributed by atoms with E-state index in [1.165, 1.54) is 22.7 Å². The van der Waals surface area contributed by atoms with Crippen LogP contribution in [0.4, 0.5) is 5.69 Å². The first-order valence-corrected chi connectivity index (χ1v) is 10.3. The molecule has 0 unspecified atom stereocenters. The zero-order chi connectivity index (χ0) is 19.7. The largest absolute Gasteiger partial charge is 0.326 e. The molecule has 4 aromatic rings. The number of aryl methyl sites for hydroxylation is 2. The van der Waals surface area contributed by atoms with E-state index in [-0.39, 0.29) is 5.91 Å². The van der Waals surface area contributed by atoms with Crippen molar-refractivity contribution in [3.63, 3.8) is 0 Å². The van der Waals surface area contributed by atoms with Gasteiger partial charge in [0.25, 0.3) is 0 Å². The SMILES string of the molecule is Cc1ccc(Cl)cc1NC(=O)CCSc1nnc2cc(C)c3ccccc3n12. The van der Waals surface area contributed by atoms with Gasteiger partial charge in [-0.15, -0.1) is 10.2 Å². The quantitative estimate of drug-likeness (QED) is 0.455. The molecule has 0 radical (unpaired) electrons. The molecule has 2 heterocycles. The van der Waals surface area contributed by atoms with Crippen LogP contribution >= 0.6 is 23.4 Å². The molecule has 0 aliphatic carbocycles. The second-order valence-electron chi connectivity index (χ2n) is 6.63. The molecule has 0 saturated carbocycles. The Morgan fingerprint density at radius 2 is 1.93 bits per heavy atom. The number of thioether (sulfide) groups is 1. The standard InChI is InChI=1S/C21H19ClN4OS/c1-13-7-8-15(22)12-17(13)23-20(27)9-10-28-21-25-24-19-11-14(2)16-5-3-4-6-18(16)26(19)21/h3-8,11-12H,9-10H2,1-2H3,(H,23,27). The van der Waals surface area contributed by atoms with Gasteiger partial charge in [-0.05, 0) is 49.2 Å². The Labute approximate surface area is 172 Å². The number of nitrogens with one attached hydrogen (secondary N) is 1. The zero-order valence-electron chi connectivity index (χ0n) is 15.6. The van der Waals surface area contributed by atoms with Crippen molar-refractivity contribution in [3.05, 3.63) is 64.7 Å². The summed E-state index contributed by atoms with van der Waals surface area (Å²) >= 11 is 7.54. The van der Waals surface area contributed by atoms with Crippen LogP contribution in [-0.4, -0.2) is 26.3 Å². The summed E-state index contributed by atoms with van der Waals surface area (Å²) in [5.74, 6) is 0.557. The van der Waals surface area contributed by atoms with E-state index in [0.29, 0.717) is 17.2 Å². The van der Waals surface area contributed by atoms with E-state index in [1.807, 2.05) is 41.7 Å². The van der Waals surface area contributed by atoms with Crippen molar-refractivity contribution in [3.8, 4) is 0 Å². The van der Waals surface area contributed by atoms with Gasteiger partial charge in [-0.1, -0.05) is 47.6 Å². The first-order valence-electron chi connectivity index (χ1n) is 8.95. The number of aromatic nitrogens is 3. The monoisotopic (exact) mass is 410 g/mol. The molecule has 2 aromatic heterocycles. The topological polar surface area (TPSA) is 59.3 Å². The highest BCUT2D eigenvalue weighted by molar-refractivity contribution is 7.99. The highest BCUT2D eigenvalue weighted by Crippen LogP contribution is 2.26. The number of rotatable bonds is 5. The number of carbonyl (C=O) groups excluding carboxylic acids is 1. The summed E-state index contributed by atoms with van der Waals surface area (Å²) in [5, 5.41) is 14.1. The molecule has 0 aliphatic rings. The molecule has 0 aliphatic heterocycles. The van der Waals surface area contributed by atoms with Gasteiger partial charge in [0, 0.05) is 28.3 Å². The number of amides is 1. The lowest BCUT2D eigenvalue weighted by Crippen LogP contribution is -2.13. The van der Waals surface area contributed by atoms with Gasteiger partial charge >= 0.3 is 0 Å². The smallest absolute Gasteiger partial charge is 0.225 e. The molecule has 0 atom stereocenters. The summed E-state index contributed by atoms with van der Waals surface area (Å²) in [6.45, 7) is 4.02. The molecular formula is C21H19ClN4OS. The number of hydrogen-bond donors (Lipinski definition) is 1. The fourth-order valence-electron chi connectivity index (χ4n) is 3.14. The molecule has 0 spiro atoms. The molecular weight excluding hydrogens is 392 g/mol. The molecule has 7 heteroatoms. The third-order valence-electron chi connectivity index (χ3n) is 4.61. The number of benzene rings is 2. The Hall–Kier alpha value is -2.57. The summed E-state index contributed by atoms with van der Waals surface area (Å²) in [6, 6.07) is 15.7. The van der Waals surface area contributed by atoms with Crippen LogP contribution in [0.3, 0.4) is 0 Å². The number of fused-ring (bicyclic) bond motifs is 3. The Morgan fingerprint density at radius 1 is 1.11 bits per heavy atom. The third-order valence-corrected chi connectivity index (χ3v) is 5.77. The number of halogens is 1. The fourth-order valence-corrected chi connectivity index (χ4v) is 4.21. The molecule has 1 N–H and O–H groups in total. The lowest BCUT2D eigenvalue weighted by molar-refractivity contribution is -0.115. The van der Waals surface area contributed by atoms with Gasteiger partial charge in [0.2, 0.25) is 5.91 Å². The maximum Gasteiger partial charge on any atom is 0.225 e. The van der Waals surface area contributed by atoms with Crippen LogP contribution in [0, 0.1) is 13.8 Å². The Morgan fingerprint density at radius 3 is 2.79 bits per heavy atom. The summed E-state index contributed by atoms with van der Waals surface area (Å²) in [4.78, 5) is 12.3. The van der Waals surface area contributed by atoms with Crippen LogP contribution in [0.2, 0.25) is 5.02 Å². The average Bonchev–Trinajstić information content (AvgIpc) is 3.08. The lowest BCUT2D eigenvalue weighted by Gasteiger charge is -2.09. The van der Waals surface area contributed by atoms with Crippen molar-refractivity contribution in [1.29, 1.82) is 0 Å². The van der Waals surface area contributed by atoms with Gasteiger partial charge in [0.1, 0.15) is 0 Å². The predicted octanol–water partition coefficient (Wildman–Crippen LogP) is 5.27. The molecule has 0 bridgehead atoms. The molecule has 1 amide bonds. The fraction of sp³-hybridized carbons (Fsp3) is 0.190. The first-order chi connectivity index (χ1) is 13.5. The van der Waals surface area contributed by atoms with Gasteiger partial charge in [0.05, 0.1) is 5.52 Å². The zero-order valence-corrected chi connectivity index (χ0v) is 17.1. The van der Waals surface area contributed by atoms with Crippen LogP contribution in [0.5, 0.6) is 0 Å².